The fraction of sp³-hybridized carbons (Fsp3) is 0.500. The largest absolute Gasteiger partial charge is 0.395 e. The lowest BCUT2D eigenvalue weighted by Gasteiger charge is -2.19. The standard InChI is InChI=1S/C12H16BrN3O2/c13-9-1-4-11(14-7-9)15-12(18)8-16(5-6-17)10-2-3-10/h1,4,7,10,17H,2-3,5-6,8H2,(H,14,15,18). The summed E-state index contributed by atoms with van der Waals surface area (Å²) in [6.45, 7) is 0.940. The van der Waals surface area contributed by atoms with Crippen molar-refractivity contribution in [3.63, 3.8) is 0 Å². The van der Waals surface area contributed by atoms with Gasteiger partial charge in [-0.05, 0) is 40.9 Å². The molecular weight excluding hydrogens is 298 g/mol. The number of halogens is 1. The van der Waals surface area contributed by atoms with Gasteiger partial charge in [0, 0.05) is 23.3 Å². The molecule has 1 aromatic rings. The number of anilines is 1. The van der Waals surface area contributed by atoms with Crippen molar-refractivity contribution in [2.45, 2.75) is 18.9 Å². The van der Waals surface area contributed by atoms with E-state index in [0.29, 0.717) is 24.9 Å². The Kier molecular flexibility index (Phi) is 4.68. The molecule has 0 aliphatic heterocycles. The van der Waals surface area contributed by atoms with Crippen LogP contribution in [-0.4, -0.2) is 46.6 Å². The van der Waals surface area contributed by atoms with E-state index in [1.807, 2.05) is 11.0 Å². The predicted octanol–water partition coefficient (Wildman–Crippen LogP) is 1.24. The van der Waals surface area contributed by atoms with Crippen molar-refractivity contribution in [1.82, 2.24) is 9.88 Å². The second-order valence-corrected chi connectivity index (χ2v) is 5.25. The highest BCUT2D eigenvalue weighted by molar-refractivity contribution is 9.10. The van der Waals surface area contributed by atoms with Crippen molar-refractivity contribution in [2.75, 3.05) is 25.0 Å². The molecule has 2 N–H and O–H groups in total. The van der Waals surface area contributed by atoms with Crippen LogP contribution in [-0.2, 0) is 4.79 Å². The molecular formula is C12H16BrN3O2. The number of amides is 1. The molecule has 0 atom stereocenters. The summed E-state index contributed by atoms with van der Waals surface area (Å²) in [6, 6.07) is 4.03. The lowest BCUT2D eigenvalue weighted by atomic mass is 10.4. The number of aliphatic hydroxyl groups is 1. The van der Waals surface area contributed by atoms with Gasteiger partial charge in [-0.15, -0.1) is 0 Å². The smallest absolute Gasteiger partial charge is 0.239 e. The molecule has 2 rings (SSSR count). The number of carbonyl (C=O) groups excluding carboxylic acids is 1. The van der Waals surface area contributed by atoms with Gasteiger partial charge < -0.3 is 10.4 Å². The molecule has 1 saturated carbocycles. The molecule has 5 nitrogen and oxygen atoms in total. The van der Waals surface area contributed by atoms with Crippen molar-refractivity contribution in [3.05, 3.63) is 22.8 Å². The molecule has 1 aliphatic rings. The minimum Gasteiger partial charge on any atom is -0.395 e. The average Bonchev–Trinajstić information content (AvgIpc) is 3.16. The zero-order chi connectivity index (χ0) is 13.0. The van der Waals surface area contributed by atoms with E-state index >= 15 is 0 Å². The highest BCUT2D eigenvalue weighted by atomic mass is 79.9. The molecule has 1 fully saturated rings. The maximum absolute atomic E-state index is 11.8. The molecule has 18 heavy (non-hydrogen) atoms. The number of nitrogens with one attached hydrogen (secondary N) is 1. The normalized spacial score (nSPS) is 14.8. The number of nitrogens with zero attached hydrogens (tertiary/aromatic N) is 2. The molecule has 0 saturated heterocycles. The van der Waals surface area contributed by atoms with Crippen LogP contribution in [0.5, 0.6) is 0 Å². The zero-order valence-corrected chi connectivity index (χ0v) is 11.6. The van der Waals surface area contributed by atoms with Crippen LogP contribution in [0.4, 0.5) is 5.82 Å². The maximum atomic E-state index is 11.8. The second kappa shape index (κ2) is 6.26. The molecule has 0 bridgehead atoms. The fourth-order valence-corrected chi connectivity index (χ4v) is 2.01. The fourth-order valence-electron chi connectivity index (χ4n) is 1.78. The van der Waals surface area contributed by atoms with Crippen LogP contribution < -0.4 is 5.32 Å². The summed E-state index contributed by atoms with van der Waals surface area (Å²) in [5.74, 6) is 0.452. The molecule has 98 valence electrons. The van der Waals surface area contributed by atoms with Gasteiger partial charge in [0.05, 0.1) is 13.2 Å². The number of rotatable bonds is 6. The van der Waals surface area contributed by atoms with E-state index in [1.54, 1.807) is 12.3 Å². The van der Waals surface area contributed by atoms with E-state index in [-0.39, 0.29) is 12.5 Å². The summed E-state index contributed by atoms with van der Waals surface area (Å²) < 4.78 is 0.875. The Morgan fingerprint density at radius 2 is 2.33 bits per heavy atom. The SMILES string of the molecule is O=C(CN(CCO)C1CC1)Nc1ccc(Br)cn1. The first-order valence-corrected chi connectivity index (χ1v) is 6.74. The molecule has 1 heterocycles. The van der Waals surface area contributed by atoms with E-state index in [1.165, 1.54) is 0 Å². The van der Waals surface area contributed by atoms with Crippen molar-refractivity contribution in [2.24, 2.45) is 0 Å². The van der Waals surface area contributed by atoms with Crippen LogP contribution in [0.25, 0.3) is 0 Å². The second-order valence-electron chi connectivity index (χ2n) is 4.34. The van der Waals surface area contributed by atoms with E-state index in [4.69, 9.17) is 5.11 Å². The van der Waals surface area contributed by atoms with Crippen LogP contribution in [0.2, 0.25) is 0 Å². The number of pyridine rings is 1. The first-order valence-electron chi connectivity index (χ1n) is 5.95. The minimum atomic E-state index is -0.0924. The van der Waals surface area contributed by atoms with Crippen molar-refractivity contribution in [3.8, 4) is 0 Å². The van der Waals surface area contributed by atoms with Crippen LogP contribution >= 0.6 is 15.9 Å². The maximum Gasteiger partial charge on any atom is 0.239 e. The molecule has 1 aromatic heterocycles. The third kappa shape index (κ3) is 4.04. The van der Waals surface area contributed by atoms with Crippen LogP contribution in [0.3, 0.4) is 0 Å². The van der Waals surface area contributed by atoms with Gasteiger partial charge >= 0.3 is 0 Å². The highest BCUT2D eigenvalue weighted by Crippen LogP contribution is 2.26. The molecule has 0 aromatic carbocycles. The average molecular weight is 314 g/mol. The van der Waals surface area contributed by atoms with Gasteiger partial charge in [0.2, 0.25) is 5.91 Å². The lowest BCUT2D eigenvalue weighted by Crippen LogP contribution is -2.36. The highest BCUT2D eigenvalue weighted by Gasteiger charge is 2.29. The van der Waals surface area contributed by atoms with Gasteiger partial charge in [0.25, 0.3) is 0 Å². The van der Waals surface area contributed by atoms with Gasteiger partial charge in [-0.2, -0.15) is 0 Å². The van der Waals surface area contributed by atoms with Gasteiger partial charge in [0.15, 0.2) is 0 Å². The third-order valence-corrected chi connectivity index (χ3v) is 3.26. The van der Waals surface area contributed by atoms with Crippen LogP contribution in [0, 0.1) is 0 Å². The molecule has 6 heteroatoms. The first-order chi connectivity index (χ1) is 8.69. The van der Waals surface area contributed by atoms with Gasteiger partial charge in [-0.1, -0.05) is 0 Å². The van der Waals surface area contributed by atoms with E-state index < -0.39 is 0 Å². The van der Waals surface area contributed by atoms with E-state index in [2.05, 4.69) is 26.2 Å². The Labute approximate surface area is 114 Å². The number of aromatic nitrogens is 1. The Hall–Kier alpha value is -0.980. The Morgan fingerprint density at radius 1 is 1.56 bits per heavy atom. The topological polar surface area (TPSA) is 65.5 Å². The Bertz CT molecular complexity index is 406. The summed E-state index contributed by atoms with van der Waals surface area (Å²) >= 11 is 3.29. The third-order valence-electron chi connectivity index (χ3n) is 2.79. The summed E-state index contributed by atoms with van der Waals surface area (Å²) in [7, 11) is 0. The van der Waals surface area contributed by atoms with Crippen molar-refractivity contribution < 1.29 is 9.90 Å². The summed E-state index contributed by atoms with van der Waals surface area (Å²) in [5.41, 5.74) is 0. The predicted molar refractivity (Wildman–Crippen MR) is 72.2 cm³/mol. The molecule has 0 unspecified atom stereocenters. The summed E-state index contributed by atoms with van der Waals surface area (Å²) in [4.78, 5) is 17.9. The number of carbonyl (C=O) groups is 1. The monoisotopic (exact) mass is 313 g/mol. The van der Waals surface area contributed by atoms with E-state index in [0.717, 1.165) is 17.3 Å². The van der Waals surface area contributed by atoms with Crippen molar-refractivity contribution >= 4 is 27.7 Å². The molecule has 0 spiro atoms. The zero-order valence-electron chi connectivity index (χ0n) is 9.97. The number of hydrogen-bond donors (Lipinski definition) is 2. The number of aliphatic hydroxyl groups excluding tert-OH is 1. The first kappa shape index (κ1) is 13.5. The van der Waals surface area contributed by atoms with Crippen molar-refractivity contribution in [1.29, 1.82) is 0 Å². The Balaban J connectivity index is 1.85. The van der Waals surface area contributed by atoms with Gasteiger partial charge in [0.1, 0.15) is 5.82 Å². The molecule has 1 amide bonds. The molecule has 1 aliphatic carbocycles. The van der Waals surface area contributed by atoms with Gasteiger partial charge in [-0.25, -0.2) is 4.98 Å². The van der Waals surface area contributed by atoms with Gasteiger partial charge in [-0.3, -0.25) is 9.69 Å². The Morgan fingerprint density at radius 3 is 2.89 bits per heavy atom. The summed E-state index contributed by atoms with van der Waals surface area (Å²) in [5, 5.41) is 11.7. The van der Waals surface area contributed by atoms with Crippen LogP contribution in [0.1, 0.15) is 12.8 Å². The van der Waals surface area contributed by atoms with E-state index in [9.17, 15) is 4.79 Å². The quantitative estimate of drug-likeness (QED) is 0.829. The summed E-state index contributed by atoms with van der Waals surface area (Å²) in [6.07, 6.45) is 3.87. The molecule has 0 radical (unpaired) electrons. The lowest BCUT2D eigenvalue weighted by molar-refractivity contribution is -0.117. The minimum absolute atomic E-state index is 0.0836. The number of hydrogen-bond acceptors (Lipinski definition) is 4. The van der Waals surface area contributed by atoms with Crippen LogP contribution in [0.15, 0.2) is 22.8 Å².